The Balaban J connectivity index is 2.10. The van der Waals surface area contributed by atoms with Gasteiger partial charge in [-0.1, -0.05) is 0 Å². The van der Waals surface area contributed by atoms with E-state index < -0.39 is 0 Å². The molecule has 0 unspecified atom stereocenters. The molecule has 0 aliphatic heterocycles. The molecule has 0 fully saturated rings. The molecular formula is C10H11ClN2S. The van der Waals surface area contributed by atoms with Crippen LogP contribution in [0.25, 0.3) is 11.3 Å². The molecule has 2 aromatic heterocycles. The van der Waals surface area contributed by atoms with E-state index in [2.05, 4.69) is 15.3 Å². The third kappa shape index (κ3) is 2.16. The second kappa shape index (κ2) is 4.62. The van der Waals surface area contributed by atoms with Gasteiger partial charge >= 0.3 is 0 Å². The number of rotatable bonds is 4. The van der Waals surface area contributed by atoms with Crippen molar-refractivity contribution in [3.05, 3.63) is 28.8 Å². The normalized spacial score (nSPS) is 10.6. The van der Waals surface area contributed by atoms with Crippen LogP contribution in [-0.4, -0.2) is 15.8 Å². The van der Waals surface area contributed by atoms with Crippen molar-refractivity contribution in [2.45, 2.75) is 12.8 Å². The van der Waals surface area contributed by atoms with E-state index in [4.69, 9.17) is 11.6 Å². The first-order valence-corrected chi connectivity index (χ1v) is 5.95. The Kier molecular flexibility index (Phi) is 3.22. The molecule has 0 aliphatic rings. The molecule has 0 aromatic carbocycles. The van der Waals surface area contributed by atoms with Crippen molar-refractivity contribution in [1.82, 2.24) is 9.97 Å². The first-order valence-electron chi connectivity index (χ1n) is 4.53. The summed E-state index contributed by atoms with van der Waals surface area (Å²) in [6.45, 7) is 0. The van der Waals surface area contributed by atoms with E-state index in [9.17, 15) is 0 Å². The average molecular weight is 227 g/mol. The van der Waals surface area contributed by atoms with Gasteiger partial charge in [0.25, 0.3) is 0 Å². The topological polar surface area (TPSA) is 28.7 Å². The Labute approximate surface area is 92.0 Å². The molecule has 0 saturated heterocycles. The highest BCUT2D eigenvalue weighted by molar-refractivity contribution is 7.09. The fourth-order valence-electron chi connectivity index (χ4n) is 1.26. The van der Waals surface area contributed by atoms with Crippen molar-refractivity contribution in [3.8, 4) is 11.3 Å². The van der Waals surface area contributed by atoms with Crippen molar-refractivity contribution < 1.29 is 0 Å². The van der Waals surface area contributed by atoms with E-state index in [1.807, 2.05) is 18.5 Å². The van der Waals surface area contributed by atoms with Gasteiger partial charge in [-0.15, -0.1) is 22.9 Å². The summed E-state index contributed by atoms with van der Waals surface area (Å²) in [5.41, 5.74) is 2.21. The fourth-order valence-corrected chi connectivity index (χ4v) is 2.24. The minimum absolute atomic E-state index is 0.707. The van der Waals surface area contributed by atoms with Crippen LogP contribution in [0.3, 0.4) is 0 Å². The van der Waals surface area contributed by atoms with Crippen molar-refractivity contribution in [3.63, 3.8) is 0 Å². The lowest BCUT2D eigenvalue weighted by atomic mass is 10.3. The zero-order chi connectivity index (χ0) is 9.80. The van der Waals surface area contributed by atoms with Crippen LogP contribution < -0.4 is 0 Å². The zero-order valence-electron chi connectivity index (χ0n) is 7.66. The van der Waals surface area contributed by atoms with Crippen molar-refractivity contribution in [2.24, 2.45) is 0 Å². The van der Waals surface area contributed by atoms with Crippen LogP contribution in [-0.2, 0) is 6.42 Å². The number of aryl methyl sites for hydroxylation is 1. The van der Waals surface area contributed by atoms with E-state index in [0.29, 0.717) is 5.88 Å². The Morgan fingerprint density at radius 1 is 1.50 bits per heavy atom. The van der Waals surface area contributed by atoms with Crippen LogP contribution in [0.15, 0.2) is 23.8 Å². The molecule has 2 aromatic rings. The van der Waals surface area contributed by atoms with E-state index in [0.717, 1.165) is 24.1 Å². The van der Waals surface area contributed by atoms with Gasteiger partial charge in [0.2, 0.25) is 0 Å². The second-order valence-electron chi connectivity index (χ2n) is 3.02. The molecule has 0 atom stereocenters. The summed E-state index contributed by atoms with van der Waals surface area (Å²) in [7, 11) is 0. The van der Waals surface area contributed by atoms with E-state index >= 15 is 0 Å². The summed E-state index contributed by atoms with van der Waals surface area (Å²) < 4.78 is 0. The largest absolute Gasteiger partial charge is 0.367 e. The van der Waals surface area contributed by atoms with Crippen molar-refractivity contribution in [2.75, 3.05) is 5.88 Å². The molecule has 0 bridgehead atoms. The smallest absolute Gasteiger partial charge is 0.0933 e. The molecule has 0 spiro atoms. The number of aromatic nitrogens is 2. The summed E-state index contributed by atoms with van der Waals surface area (Å²) in [6, 6.07) is 2.03. The first kappa shape index (κ1) is 9.74. The predicted octanol–water partition coefficient (Wildman–Crippen LogP) is 3.31. The summed E-state index contributed by atoms with van der Waals surface area (Å²) in [6.07, 6.45) is 5.85. The fraction of sp³-hybridized carbons (Fsp3) is 0.300. The molecule has 0 amide bonds. The van der Waals surface area contributed by atoms with E-state index in [-0.39, 0.29) is 0 Å². The third-order valence-electron chi connectivity index (χ3n) is 1.97. The average Bonchev–Trinajstić information content (AvgIpc) is 2.85. The van der Waals surface area contributed by atoms with E-state index in [1.54, 1.807) is 11.3 Å². The number of hydrogen-bond acceptors (Lipinski definition) is 2. The lowest BCUT2D eigenvalue weighted by Crippen LogP contribution is -1.84. The number of thiazole rings is 1. The van der Waals surface area contributed by atoms with Gasteiger partial charge in [-0.3, -0.25) is 0 Å². The summed E-state index contributed by atoms with van der Waals surface area (Å²) in [4.78, 5) is 7.55. The third-order valence-corrected chi connectivity index (χ3v) is 3.15. The maximum absolute atomic E-state index is 5.63. The van der Waals surface area contributed by atoms with Crippen LogP contribution in [0.5, 0.6) is 0 Å². The highest BCUT2D eigenvalue weighted by Crippen LogP contribution is 2.21. The Morgan fingerprint density at radius 2 is 2.43 bits per heavy atom. The minimum atomic E-state index is 0.707. The molecule has 0 radical (unpaired) electrons. The predicted molar refractivity (Wildman–Crippen MR) is 60.9 cm³/mol. The number of aromatic amines is 1. The molecule has 4 heteroatoms. The minimum Gasteiger partial charge on any atom is -0.367 e. The van der Waals surface area contributed by atoms with E-state index in [1.165, 1.54) is 5.01 Å². The van der Waals surface area contributed by atoms with Crippen LogP contribution in [0.2, 0.25) is 0 Å². The van der Waals surface area contributed by atoms with Gasteiger partial charge in [0.15, 0.2) is 0 Å². The van der Waals surface area contributed by atoms with Gasteiger partial charge in [0.05, 0.1) is 10.7 Å². The SMILES string of the molecule is ClCCCc1nc(-c2cc[nH]c2)cs1. The maximum Gasteiger partial charge on any atom is 0.0933 e. The van der Waals surface area contributed by atoms with Gasteiger partial charge in [-0.05, 0) is 12.5 Å². The van der Waals surface area contributed by atoms with Gasteiger partial charge in [0.1, 0.15) is 0 Å². The lowest BCUT2D eigenvalue weighted by molar-refractivity contribution is 0.916. The number of H-pyrrole nitrogens is 1. The molecule has 2 rings (SSSR count). The number of nitrogens with one attached hydrogen (secondary N) is 1. The highest BCUT2D eigenvalue weighted by atomic mass is 35.5. The number of halogens is 1. The number of alkyl halides is 1. The molecule has 0 aliphatic carbocycles. The summed E-state index contributed by atoms with van der Waals surface area (Å²) in [5, 5.41) is 3.26. The lowest BCUT2D eigenvalue weighted by Gasteiger charge is -1.90. The molecule has 74 valence electrons. The summed E-state index contributed by atoms with van der Waals surface area (Å²) >= 11 is 7.33. The maximum atomic E-state index is 5.63. The standard InChI is InChI=1S/C10H11ClN2S/c11-4-1-2-10-13-9(7-14-10)8-3-5-12-6-8/h3,5-7,12H,1-2,4H2. The van der Waals surface area contributed by atoms with Crippen LogP contribution in [0.4, 0.5) is 0 Å². The molecule has 2 heterocycles. The quantitative estimate of drug-likeness (QED) is 0.797. The Hall–Kier alpha value is -0.800. The van der Waals surface area contributed by atoms with Crippen LogP contribution >= 0.6 is 22.9 Å². The first-order chi connectivity index (χ1) is 6.90. The second-order valence-corrected chi connectivity index (χ2v) is 4.34. The van der Waals surface area contributed by atoms with Gasteiger partial charge < -0.3 is 4.98 Å². The number of hydrogen-bond donors (Lipinski definition) is 1. The van der Waals surface area contributed by atoms with Gasteiger partial charge in [0, 0.05) is 35.6 Å². The molecular weight excluding hydrogens is 216 g/mol. The van der Waals surface area contributed by atoms with Crippen molar-refractivity contribution >= 4 is 22.9 Å². The van der Waals surface area contributed by atoms with Gasteiger partial charge in [-0.25, -0.2) is 4.98 Å². The number of nitrogens with zero attached hydrogens (tertiary/aromatic N) is 1. The molecule has 14 heavy (non-hydrogen) atoms. The van der Waals surface area contributed by atoms with Crippen molar-refractivity contribution in [1.29, 1.82) is 0 Å². The molecule has 0 saturated carbocycles. The Morgan fingerprint density at radius 3 is 3.14 bits per heavy atom. The molecule has 2 nitrogen and oxygen atoms in total. The van der Waals surface area contributed by atoms with Crippen LogP contribution in [0, 0.1) is 0 Å². The molecule has 1 N–H and O–H groups in total. The zero-order valence-corrected chi connectivity index (χ0v) is 9.24. The van der Waals surface area contributed by atoms with Crippen LogP contribution in [0.1, 0.15) is 11.4 Å². The monoisotopic (exact) mass is 226 g/mol. The Bertz CT molecular complexity index is 380. The summed E-state index contributed by atoms with van der Waals surface area (Å²) in [5.74, 6) is 0.707. The van der Waals surface area contributed by atoms with Gasteiger partial charge in [-0.2, -0.15) is 0 Å². The highest BCUT2D eigenvalue weighted by Gasteiger charge is 2.03.